The Morgan fingerprint density at radius 1 is 1.14 bits per heavy atom. The topological polar surface area (TPSA) is 117 Å². The van der Waals surface area contributed by atoms with Crippen molar-refractivity contribution in [2.24, 2.45) is 0 Å². The second-order valence-electron chi connectivity index (χ2n) is 5.52. The maximum atomic E-state index is 12.3. The number of methoxy groups -OCH3 is 1. The summed E-state index contributed by atoms with van der Waals surface area (Å²) in [6, 6.07) is 8.88. The van der Waals surface area contributed by atoms with Gasteiger partial charge in [-0.3, -0.25) is 14.9 Å². The fourth-order valence-corrected chi connectivity index (χ4v) is 2.20. The number of hydrogen-bond acceptors (Lipinski definition) is 7. The summed E-state index contributed by atoms with van der Waals surface area (Å²) in [4.78, 5) is 33.7. The van der Waals surface area contributed by atoms with Crippen LogP contribution in [-0.4, -0.2) is 37.1 Å². The summed E-state index contributed by atoms with van der Waals surface area (Å²) in [6.45, 7) is -3.54. The number of carbonyl (C=O) groups is 2. The van der Waals surface area contributed by atoms with Gasteiger partial charge in [-0.05, 0) is 29.8 Å². The van der Waals surface area contributed by atoms with Gasteiger partial charge in [0, 0.05) is 18.7 Å². The predicted molar refractivity (Wildman–Crippen MR) is 94.9 cm³/mol. The standard InChI is InChI=1S/C18H16F2N2O7/c1-27-15-8-11(2-7-14(15)29-18(19)20)9-21-16(23)10-28-17(24)12-3-5-13(6-4-12)22(25)26/h2-8,18H,9-10H2,1H3,(H,21,23). The molecular formula is C18H16F2N2O7. The fourth-order valence-electron chi connectivity index (χ4n) is 2.20. The number of halogens is 2. The van der Waals surface area contributed by atoms with E-state index in [1.54, 1.807) is 0 Å². The molecule has 0 aliphatic rings. The number of nitro groups is 1. The van der Waals surface area contributed by atoms with Crippen LogP contribution in [0.2, 0.25) is 0 Å². The van der Waals surface area contributed by atoms with Gasteiger partial charge in [0.2, 0.25) is 0 Å². The van der Waals surface area contributed by atoms with Crippen molar-refractivity contribution in [2.45, 2.75) is 13.2 Å². The molecule has 0 heterocycles. The number of esters is 1. The van der Waals surface area contributed by atoms with Crippen molar-refractivity contribution in [3.8, 4) is 11.5 Å². The van der Waals surface area contributed by atoms with E-state index in [1.807, 2.05) is 0 Å². The highest BCUT2D eigenvalue weighted by Crippen LogP contribution is 2.29. The van der Waals surface area contributed by atoms with Crippen LogP contribution in [0.5, 0.6) is 11.5 Å². The van der Waals surface area contributed by atoms with E-state index in [-0.39, 0.29) is 29.3 Å². The predicted octanol–water partition coefficient (Wildman–Crippen LogP) is 2.68. The molecule has 2 aromatic rings. The van der Waals surface area contributed by atoms with E-state index < -0.39 is 30.0 Å². The summed E-state index contributed by atoms with van der Waals surface area (Å²) in [5, 5.41) is 13.1. The van der Waals surface area contributed by atoms with Gasteiger partial charge in [-0.25, -0.2) is 4.79 Å². The molecule has 0 fully saturated rings. The van der Waals surface area contributed by atoms with E-state index in [4.69, 9.17) is 9.47 Å². The highest BCUT2D eigenvalue weighted by molar-refractivity contribution is 5.91. The Labute approximate surface area is 163 Å². The van der Waals surface area contributed by atoms with Gasteiger partial charge >= 0.3 is 12.6 Å². The number of non-ortho nitro benzene ring substituents is 1. The zero-order valence-corrected chi connectivity index (χ0v) is 15.1. The summed E-state index contributed by atoms with van der Waals surface area (Å²) < 4.78 is 38.7. The molecule has 0 spiro atoms. The van der Waals surface area contributed by atoms with Crippen molar-refractivity contribution in [2.75, 3.05) is 13.7 Å². The lowest BCUT2D eigenvalue weighted by molar-refractivity contribution is -0.384. The van der Waals surface area contributed by atoms with Gasteiger partial charge in [-0.2, -0.15) is 8.78 Å². The molecule has 0 aliphatic carbocycles. The minimum atomic E-state index is -3.00. The number of nitrogens with one attached hydrogen (secondary N) is 1. The lowest BCUT2D eigenvalue weighted by Gasteiger charge is -2.12. The van der Waals surface area contributed by atoms with Crippen LogP contribution in [0.25, 0.3) is 0 Å². The molecule has 11 heteroatoms. The van der Waals surface area contributed by atoms with Crippen LogP contribution in [0.15, 0.2) is 42.5 Å². The number of benzene rings is 2. The third-order valence-corrected chi connectivity index (χ3v) is 3.58. The molecule has 0 saturated carbocycles. The highest BCUT2D eigenvalue weighted by Gasteiger charge is 2.14. The number of alkyl halides is 2. The first kappa shape index (κ1) is 21.5. The largest absolute Gasteiger partial charge is 0.493 e. The van der Waals surface area contributed by atoms with Crippen LogP contribution >= 0.6 is 0 Å². The third kappa shape index (κ3) is 6.41. The van der Waals surface area contributed by atoms with Gasteiger partial charge in [-0.1, -0.05) is 6.07 Å². The van der Waals surface area contributed by atoms with Crippen molar-refractivity contribution in [3.63, 3.8) is 0 Å². The molecule has 0 aliphatic heterocycles. The molecule has 1 amide bonds. The van der Waals surface area contributed by atoms with Crippen LogP contribution in [0.3, 0.4) is 0 Å². The monoisotopic (exact) mass is 410 g/mol. The van der Waals surface area contributed by atoms with Crippen LogP contribution in [0.4, 0.5) is 14.5 Å². The molecule has 154 valence electrons. The molecule has 9 nitrogen and oxygen atoms in total. The lowest BCUT2D eigenvalue weighted by atomic mass is 10.2. The number of nitro benzene ring substituents is 1. The molecular weight excluding hydrogens is 394 g/mol. The summed E-state index contributed by atoms with van der Waals surface area (Å²) in [7, 11) is 1.29. The number of carbonyl (C=O) groups excluding carboxylic acids is 2. The van der Waals surface area contributed by atoms with Crippen molar-refractivity contribution in [1.82, 2.24) is 5.32 Å². The Balaban J connectivity index is 1.85. The number of ether oxygens (including phenoxy) is 3. The van der Waals surface area contributed by atoms with Gasteiger partial charge in [-0.15, -0.1) is 0 Å². The zero-order chi connectivity index (χ0) is 21.4. The maximum Gasteiger partial charge on any atom is 0.387 e. The first-order chi connectivity index (χ1) is 13.8. The van der Waals surface area contributed by atoms with E-state index in [0.29, 0.717) is 5.56 Å². The van der Waals surface area contributed by atoms with E-state index in [1.165, 1.54) is 37.4 Å². The van der Waals surface area contributed by atoms with Gasteiger partial charge in [0.1, 0.15) is 0 Å². The average Bonchev–Trinajstić information content (AvgIpc) is 2.70. The Kier molecular flexibility index (Phi) is 7.40. The Morgan fingerprint density at radius 2 is 1.83 bits per heavy atom. The fraction of sp³-hybridized carbons (Fsp3) is 0.222. The summed E-state index contributed by atoms with van der Waals surface area (Å²) >= 11 is 0. The van der Waals surface area contributed by atoms with Crippen molar-refractivity contribution >= 4 is 17.6 Å². The highest BCUT2D eigenvalue weighted by atomic mass is 19.3. The van der Waals surface area contributed by atoms with E-state index >= 15 is 0 Å². The second kappa shape index (κ2) is 9.97. The second-order valence-corrected chi connectivity index (χ2v) is 5.52. The molecule has 0 radical (unpaired) electrons. The normalized spacial score (nSPS) is 10.3. The smallest absolute Gasteiger partial charge is 0.387 e. The molecule has 2 aromatic carbocycles. The van der Waals surface area contributed by atoms with E-state index in [0.717, 1.165) is 12.1 Å². The third-order valence-electron chi connectivity index (χ3n) is 3.58. The van der Waals surface area contributed by atoms with Crippen molar-refractivity contribution in [3.05, 3.63) is 63.7 Å². The van der Waals surface area contributed by atoms with E-state index in [2.05, 4.69) is 10.1 Å². The number of hydrogen-bond donors (Lipinski definition) is 1. The van der Waals surface area contributed by atoms with Crippen LogP contribution in [0.1, 0.15) is 15.9 Å². The zero-order valence-electron chi connectivity index (χ0n) is 15.1. The average molecular weight is 410 g/mol. The minimum absolute atomic E-state index is 0.0270. The quantitative estimate of drug-likeness (QED) is 0.384. The molecule has 0 saturated heterocycles. The van der Waals surface area contributed by atoms with E-state index in [9.17, 15) is 28.5 Å². The Morgan fingerprint density at radius 3 is 2.41 bits per heavy atom. The number of rotatable bonds is 9. The molecule has 29 heavy (non-hydrogen) atoms. The first-order valence-corrected chi connectivity index (χ1v) is 8.10. The molecule has 0 unspecified atom stereocenters. The van der Waals surface area contributed by atoms with Gasteiger partial charge in [0.25, 0.3) is 11.6 Å². The molecule has 0 atom stereocenters. The van der Waals surface area contributed by atoms with Gasteiger partial charge in [0.05, 0.1) is 17.6 Å². The Bertz CT molecular complexity index is 888. The number of amides is 1. The summed E-state index contributed by atoms with van der Waals surface area (Å²) in [5.74, 6) is -1.49. The molecule has 0 bridgehead atoms. The maximum absolute atomic E-state index is 12.3. The first-order valence-electron chi connectivity index (χ1n) is 8.10. The van der Waals surface area contributed by atoms with Gasteiger partial charge < -0.3 is 19.5 Å². The van der Waals surface area contributed by atoms with Crippen molar-refractivity contribution < 1.29 is 37.5 Å². The van der Waals surface area contributed by atoms with Crippen LogP contribution in [-0.2, 0) is 16.1 Å². The minimum Gasteiger partial charge on any atom is -0.493 e. The van der Waals surface area contributed by atoms with Crippen LogP contribution < -0.4 is 14.8 Å². The summed E-state index contributed by atoms with van der Waals surface area (Å²) in [5.41, 5.74) is 0.418. The van der Waals surface area contributed by atoms with Gasteiger partial charge in [0.15, 0.2) is 18.1 Å². The Hall–Kier alpha value is -3.76. The van der Waals surface area contributed by atoms with Crippen molar-refractivity contribution in [1.29, 1.82) is 0 Å². The molecule has 2 rings (SSSR count). The van der Waals surface area contributed by atoms with Crippen LogP contribution in [0, 0.1) is 10.1 Å². The summed E-state index contributed by atoms with van der Waals surface area (Å²) in [6.07, 6.45) is 0. The lowest BCUT2D eigenvalue weighted by Crippen LogP contribution is -2.28. The molecule has 0 aromatic heterocycles. The SMILES string of the molecule is COc1cc(CNC(=O)COC(=O)c2ccc([N+](=O)[O-])cc2)ccc1OC(F)F. The number of nitrogens with zero attached hydrogens (tertiary/aromatic N) is 1. The molecule has 1 N–H and O–H groups in total.